The fourth-order valence-electron chi connectivity index (χ4n) is 3.16. The van der Waals surface area contributed by atoms with Gasteiger partial charge in [-0.05, 0) is 48.9 Å². The molecule has 0 aliphatic carbocycles. The third kappa shape index (κ3) is 4.90. The van der Waals surface area contributed by atoms with Crippen LogP contribution in [0.5, 0.6) is 5.75 Å². The predicted molar refractivity (Wildman–Crippen MR) is 117 cm³/mol. The van der Waals surface area contributed by atoms with Gasteiger partial charge in [-0.15, -0.1) is 0 Å². The minimum atomic E-state index is -3.90. The molecule has 30 heavy (non-hydrogen) atoms. The molecule has 0 bridgehead atoms. The number of ketones is 1. The number of aromatic hydroxyl groups is 1. The third-order valence-electron chi connectivity index (χ3n) is 4.93. The van der Waals surface area contributed by atoms with Gasteiger partial charge >= 0.3 is 0 Å². The van der Waals surface area contributed by atoms with Gasteiger partial charge in [0, 0.05) is 10.9 Å². The molecule has 0 aliphatic rings. The van der Waals surface area contributed by atoms with E-state index in [-0.39, 0.29) is 22.0 Å². The Morgan fingerprint density at radius 1 is 0.967 bits per heavy atom. The van der Waals surface area contributed by atoms with Gasteiger partial charge in [0.25, 0.3) is 0 Å². The molecule has 3 rings (SSSR count). The molecule has 0 radical (unpaired) electrons. The second-order valence-corrected chi connectivity index (χ2v) is 9.28. The van der Waals surface area contributed by atoms with E-state index in [9.17, 15) is 18.3 Å². The SMILES string of the molecule is Cc1ccc(S(=O)(=O)N[C@@H](c2ccc(Cl)cc2)[C@@H](C)C(=O)c2ccccc2O)cc1. The maximum absolute atomic E-state index is 13.1. The first-order valence-corrected chi connectivity index (χ1v) is 11.2. The van der Waals surface area contributed by atoms with Gasteiger partial charge < -0.3 is 5.11 Å². The number of phenols is 1. The van der Waals surface area contributed by atoms with E-state index < -0.39 is 22.0 Å². The number of rotatable bonds is 7. The summed E-state index contributed by atoms with van der Waals surface area (Å²) in [7, 11) is -3.90. The van der Waals surface area contributed by atoms with E-state index in [0.717, 1.165) is 5.56 Å². The first-order chi connectivity index (χ1) is 14.2. The molecular formula is C23H22ClNO4S. The first-order valence-electron chi connectivity index (χ1n) is 9.36. The number of carbonyl (C=O) groups excluding carboxylic acids is 1. The number of Topliss-reactive ketones (excluding diaryl/α,β-unsaturated/α-hetero) is 1. The quantitative estimate of drug-likeness (QED) is 0.509. The number of hydrogen-bond acceptors (Lipinski definition) is 4. The van der Waals surface area contributed by atoms with Crippen molar-refractivity contribution in [2.75, 3.05) is 0 Å². The van der Waals surface area contributed by atoms with Crippen molar-refractivity contribution >= 4 is 27.4 Å². The summed E-state index contributed by atoms with van der Waals surface area (Å²) >= 11 is 5.98. The predicted octanol–water partition coefficient (Wildman–Crippen LogP) is 4.89. The number of para-hydroxylation sites is 1. The van der Waals surface area contributed by atoms with Crippen LogP contribution in [0, 0.1) is 12.8 Å². The van der Waals surface area contributed by atoms with Crippen molar-refractivity contribution < 1.29 is 18.3 Å². The number of carbonyl (C=O) groups is 1. The monoisotopic (exact) mass is 443 g/mol. The molecule has 0 amide bonds. The molecule has 2 atom stereocenters. The molecule has 0 aliphatic heterocycles. The average molecular weight is 444 g/mol. The fourth-order valence-corrected chi connectivity index (χ4v) is 4.59. The van der Waals surface area contributed by atoms with Crippen molar-refractivity contribution in [2.45, 2.75) is 24.8 Å². The van der Waals surface area contributed by atoms with E-state index in [4.69, 9.17) is 11.6 Å². The Balaban J connectivity index is 2.00. The normalized spacial score (nSPS) is 13.6. The Hall–Kier alpha value is -2.67. The van der Waals surface area contributed by atoms with E-state index >= 15 is 0 Å². The Kier molecular flexibility index (Phi) is 6.61. The maximum atomic E-state index is 13.1. The average Bonchev–Trinajstić information content (AvgIpc) is 2.72. The lowest BCUT2D eigenvalue weighted by atomic mass is 9.88. The Morgan fingerprint density at radius 2 is 1.57 bits per heavy atom. The highest BCUT2D eigenvalue weighted by atomic mass is 35.5. The van der Waals surface area contributed by atoms with Gasteiger partial charge in [0.1, 0.15) is 5.75 Å². The van der Waals surface area contributed by atoms with Crippen LogP contribution in [0.4, 0.5) is 0 Å². The van der Waals surface area contributed by atoms with E-state index in [1.807, 2.05) is 6.92 Å². The van der Waals surface area contributed by atoms with E-state index in [0.29, 0.717) is 10.6 Å². The molecule has 0 unspecified atom stereocenters. The van der Waals surface area contributed by atoms with E-state index in [1.54, 1.807) is 55.5 Å². The van der Waals surface area contributed by atoms with Gasteiger partial charge in [0.05, 0.1) is 16.5 Å². The topological polar surface area (TPSA) is 83.5 Å². The molecule has 0 aromatic heterocycles. The Bertz CT molecular complexity index is 1140. The maximum Gasteiger partial charge on any atom is 0.241 e. The van der Waals surface area contributed by atoms with Crippen molar-refractivity contribution in [1.29, 1.82) is 0 Å². The van der Waals surface area contributed by atoms with Crippen molar-refractivity contribution in [3.05, 3.63) is 94.5 Å². The zero-order chi connectivity index (χ0) is 21.9. The summed E-state index contributed by atoms with van der Waals surface area (Å²) in [6.07, 6.45) is 0. The van der Waals surface area contributed by atoms with E-state index in [1.165, 1.54) is 24.3 Å². The van der Waals surface area contributed by atoms with Crippen molar-refractivity contribution in [1.82, 2.24) is 4.72 Å². The standard InChI is InChI=1S/C23H22ClNO4S/c1-15-7-13-19(14-8-15)30(28,29)25-22(17-9-11-18(24)12-10-17)16(2)23(27)20-5-3-4-6-21(20)26/h3-14,16,22,25-26H,1-2H3/t16-,22-/m1/s1. The van der Waals surface area contributed by atoms with Crippen LogP contribution in [-0.4, -0.2) is 19.3 Å². The second kappa shape index (κ2) is 9.00. The van der Waals surface area contributed by atoms with Crippen LogP contribution < -0.4 is 4.72 Å². The lowest BCUT2D eigenvalue weighted by molar-refractivity contribution is 0.0906. The Morgan fingerprint density at radius 3 is 2.17 bits per heavy atom. The molecule has 0 spiro atoms. The van der Waals surface area contributed by atoms with Gasteiger partial charge in [0.2, 0.25) is 10.0 Å². The summed E-state index contributed by atoms with van der Waals surface area (Å²) in [6.45, 7) is 3.50. The largest absolute Gasteiger partial charge is 0.507 e. The van der Waals surface area contributed by atoms with Crippen LogP contribution in [0.3, 0.4) is 0 Å². The number of aryl methyl sites for hydroxylation is 1. The van der Waals surface area contributed by atoms with Crippen LogP contribution in [0.15, 0.2) is 77.7 Å². The molecule has 156 valence electrons. The third-order valence-corrected chi connectivity index (χ3v) is 6.63. The summed E-state index contributed by atoms with van der Waals surface area (Å²) in [5.74, 6) is -1.31. The highest BCUT2D eigenvalue weighted by Gasteiger charge is 2.31. The van der Waals surface area contributed by atoms with Crippen LogP contribution in [-0.2, 0) is 10.0 Å². The van der Waals surface area contributed by atoms with Crippen molar-refractivity contribution in [3.63, 3.8) is 0 Å². The zero-order valence-electron chi connectivity index (χ0n) is 16.5. The number of hydrogen-bond donors (Lipinski definition) is 2. The number of nitrogens with one attached hydrogen (secondary N) is 1. The number of sulfonamides is 1. The smallest absolute Gasteiger partial charge is 0.241 e. The van der Waals surface area contributed by atoms with Crippen molar-refractivity contribution in [2.24, 2.45) is 5.92 Å². The molecule has 0 saturated heterocycles. The van der Waals surface area contributed by atoms with Gasteiger partial charge in [0.15, 0.2) is 5.78 Å². The first kappa shape index (κ1) is 22.0. The molecule has 0 heterocycles. The molecule has 3 aromatic rings. The zero-order valence-corrected chi connectivity index (χ0v) is 18.1. The highest BCUT2D eigenvalue weighted by Crippen LogP contribution is 2.30. The summed E-state index contributed by atoms with van der Waals surface area (Å²) in [5.41, 5.74) is 1.66. The minimum absolute atomic E-state index is 0.106. The van der Waals surface area contributed by atoms with Crippen LogP contribution in [0.2, 0.25) is 5.02 Å². The summed E-state index contributed by atoms with van der Waals surface area (Å²) in [4.78, 5) is 13.2. The summed E-state index contributed by atoms with van der Waals surface area (Å²) in [6, 6.07) is 18.4. The van der Waals surface area contributed by atoms with Gasteiger partial charge in [-0.25, -0.2) is 13.1 Å². The molecule has 3 aromatic carbocycles. The lowest BCUT2D eigenvalue weighted by Crippen LogP contribution is -2.35. The lowest BCUT2D eigenvalue weighted by Gasteiger charge is -2.25. The minimum Gasteiger partial charge on any atom is -0.507 e. The summed E-state index contributed by atoms with van der Waals surface area (Å²) in [5, 5.41) is 10.6. The van der Waals surface area contributed by atoms with Gasteiger partial charge in [-0.2, -0.15) is 0 Å². The van der Waals surface area contributed by atoms with Crippen molar-refractivity contribution in [3.8, 4) is 5.75 Å². The molecule has 2 N–H and O–H groups in total. The Labute approximate surface area is 181 Å². The molecule has 0 fully saturated rings. The number of benzene rings is 3. The molecule has 7 heteroatoms. The highest BCUT2D eigenvalue weighted by molar-refractivity contribution is 7.89. The van der Waals surface area contributed by atoms with Crippen LogP contribution in [0.25, 0.3) is 0 Å². The number of halogens is 1. The van der Waals surface area contributed by atoms with Crippen LogP contribution >= 0.6 is 11.6 Å². The van der Waals surface area contributed by atoms with Crippen LogP contribution in [0.1, 0.15) is 34.5 Å². The molecule has 5 nitrogen and oxygen atoms in total. The van der Waals surface area contributed by atoms with Gasteiger partial charge in [-0.3, -0.25) is 4.79 Å². The van der Waals surface area contributed by atoms with Gasteiger partial charge in [-0.1, -0.05) is 60.5 Å². The molecular weight excluding hydrogens is 422 g/mol. The second-order valence-electron chi connectivity index (χ2n) is 7.13. The fraction of sp³-hybridized carbons (Fsp3) is 0.174. The summed E-state index contributed by atoms with van der Waals surface area (Å²) < 4.78 is 28.7. The number of phenolic OH excluding ortho intramolecular Hbond substituents is 1. The van der Waals surface area contributed by atoms with E-state index in [2.05, 4.69) is 4.72 Å². The molecule has 0 saturated carbocycles.